The number of benzene rings is 2. The van der Waals surface area contributed by atoms with Gasteiger partial charge >= 0.3 is 0 Å². The summed E-state index contributed by atoms with van der Waals surface area (Å²) in [6, 6.07) is 15.2. The van der Waals surface area contributed by atoms with Crippen LogP contribution in [0.15, 0.2) is 48.5 Å². The van der Waals surface area contributed by atoms with Crippen molar-refractivity contribution >= 4 is 21.4 Å². The third-order valence-electron chi connectivity index (χ3n) is 6.42. The fourth-order valence-electron chi connectivity index (χ4n) is 4.71. The van der Waals surface area contributed by atoms with E-state index in [1.807, 2.05) is 55.5 Å². The fourth-order valence-corrected chi connectivity index (χ4v) is 6.47. The van der Waals surface area contributed by atoms with E-state index < -0.39 is 15.9 Å². The number of carbonyl (C=O) groups excluding carboxylic acids is 1. The molecule has 0 bridgehead atoms. The largest absolute Gasteiger partial charge is 0.495 e. The van der Waals surface area contributed by atoms with Crippen molar-refractivity contribution in [1.82, 2.24) is 9.80 Å². The van der Waals surface area contributed by atoms with Gasteiger partial charge in [0.05, 0.1) is 24.3 Å². The lowest BCUT2D eigenvalue weighted by atomic mass is 10.0. The molecule has 2 fully saturated rings. The standard InChI is InChI=1S/C24H31N3O4S/c1-18-8-9-22(31-2)21(16-18)25-24(28)23(19-6-4-3-5-7-19)27-13-11-26(12-14-27)20-10-15-32(29,30)17-20/h3-9,16,20,23H,10-15,17H2,1-2H3,(H,25,28)/t20-,23-/m0/s1. The van der Waals surface area contributed by atoms with Crippen LogP contribution in [-0.4, -0.2) is 75.0 Å². The molecule has 0 spiro atoms. The van der Waals surface area contributed by atoms with E-state index in [4.69, 9.17) is 4.74 Å². The summed E-state index contributed by atoms with van der Waals surface area (Å²) in [7, 11) is -1.31. The normalized spacial score (nSPS) is 22.4. The van der Waals surface area contributed by atoms with Crippen molar-refractivity contribution in [1.29, 1.82) is 0 Å². The molecule has 0 aliphatic carbocycles. The predicted molar refractivity (Wildman–Crippen MR) is 126 cm³/mol. The molecule has 0 saturated carbocycles. The van der Waals surface area contributed by atoms with Gasteiger partial charge in [-0.15, -0.1) is 0 Å². The Morgan fingerprint density at radius 2 is 1.81 bits per heavy atom. The lowest BCUT2D eigenvalue weighted by molar-refractivity contribution is -0.122. The molecule has 2 aliphatic rings. The lowest BCUT2D eigenvalue weighted by Gasteiger charge is -2.40. The SMILES string of the molecule is COc1ccc(C)cc1NC(=O)[C@H](c1ccccc1)N1CCN([C@H]2CCS(=O)(=O)C2)CC1. The highest BCUT2D eigenvalue weighted by molar-refractivity contribution is 7.91. The molecule has 2 heterocycles. The van der Waals surface area contributed by atoms with Gasteiger partial charge in [0.1, 0.15) is 11.8 Å². The second kappa shape index (κ2) is 9.60. The van der Waals surface area contributed by atoms with Crippen LogP contribution in [0.4, 0.5) is 5.69 Å². The number of methoxy groups -OCH3 is 1. The molecule has 2 saturated heterocycles. The van der Waals surface area contributed by atoms with Gasteiger partial charge in [-0.05, 0) is 36.6 Å². The molecule has 0 radical (unpaired) electrons. The van der Waals surface area contributed by atoms with Gasteiger partial charge < -0.3 is 10.1 Å². The summed E-state index contributed by atoms with van der Waals surface area (Å²) in [4.78, 5) is 18.0. The summed E-state index contributed by atoms with van der Waals surface area (Å²) in [6.45, 7) is 4.89. The number of hydrogen-bond donors (Lipinski definition) is 1. The Balaban J connectivity index is 1.51. The maximum Gasteiger partial charge on any atom is 0.246 e. The maximum atomic E-state index is 13.5. The summed E-state index contributed by atoms with van der Waals surface area (Å²) in [5, 5.41) is 3.08. The lowest BCUT2D eigenvalue weighted by Crippen LogP contribution is -2.53. The van der Waals surface area contributed by atoms with Gasteiger partial charge in [-0.2, -0.15) is 0 Å². The highest BCUT2D eigenvalue weighted by atomic mass is 32.2. The van der Waals surface area contributed by atoms with Crippen LogP contribution in [0.5, 0.6) is 5.75 Å². The van der Waals surface area contributed by atoms with Crippen molar-refractivity contribution in [2.75, 3.05) is 50.1 Å². The van der Waals surface area contributed by atoms with Crippen molar-refractivity contribution in [3.05, 3.63) is 59.7 Å². The highest BCUT2D eigenvalue weighted by Crippen LogP contribution is 2.30. The quantitative estimate of drug-likeness (QED) is 0.718. The molecule has 1 N–H and O–H groups in total. The minimum Gasteiger partial charge on any atom is -0.495 e. The molecule has 2 aromatic carbocycles. The zero-order valence-corrected chi connectivity index (χ0v) is 19.5. The number of nitrogens with zero attached hydrogens (tertiary/aromatic N) is 2. The van der Waals surface area contributed by atoms with Gasteiger partial charge in [-0.3, -0.25) is 14.6 Å². The second-order valence-corrected chi connectivity index (χ2v) is 10.9. The Hall–Kier alpha value is -2.42. The number of ether oxygens (including phenoxy) is 1. The van der Waals surface area contributed by atoms with Crippen molar-refractivity contribution < 1.29 is 17.9 Å². The number of piperazine rings is 1. The van der Waals surface area contributed by atoms with Crippen LogP contribution >= 0.6 is 0 Å². The maximum absolute atomic E-state index is 13.5. The third-order valence-corrected chi connectivity index (χ3v) is 8.17. The van der Waals surface area contributed by atoms with E-state index in [2.05, 4.69) is 15.1 Å². The molecular weight excluding hydrogens is 426 g/mol. The Morgan fingerprint density at radius 3 is 2.44 bits per heavy atom. The van der Waals surface area contributed by atoms with Gasteiger partial charge in [0.25, 0.3) is 0 Å². The number of sulfone groups is 1. The van der Waals surface area contributed by atoms with Crippen molar-refractivity contribution in [3.8, 4) is 5.75 Å². The van der Waals surface area contributed by atoms with E-state index in [0.717, 1.165) is 24.2 Å². The Labute approximate surface area is 190 Å². The predicted octanol–water partition coefficient (Wildman–Crippen LogP) is 2.49. The number of aryl methyl sites for hydroxylation is 1. The van der Waals surface area contributed by atoms with Gasteiger partial charge in [-0.1, -0.05) is 36.4 Å². The van der Waals surface area contributed by atoms with E-state index in [-0.39, 0.29) is 23.5 Å². The minimum atomic E-state index is -2.91. The number of hydrogen-bond acceptors (Lipinski definition) is 6. The first kappa shape index (κ1) is 22.8. The average Bonchev–Trinajstić information content (AvgIpc) is 3.15. The number of nitrogens with one attached hydrogen (secondary N) is 1. The zero-order chi connectivity index (χ0) is 22.7. The molecule has 1 amide bonds. The first-order valence-corrected chi connectivity index (χ1v) is 12.9. The molecule has 4 rings (SSSR count). The minimum absolute atomic E-state index is 0.0997. The van der Waals surface area contributed by atoms with E-state index in [9.17, 15) is 13.2 Å². The molecule has 2 atom stereocenters. The van der Waals surface area contributed by atoms with E-state index in [1.54, 1.807) is 7.11 Å². The van der Waals surface area contributed by atoms with Gasteiger partial charge in [0.2, 0.25) is 5.91 Å². The summed E-state index contributed by atoms with van der Waals surface area (Å²) < 4.78 is 29.2. The molecule has 2 aromatic rings. The Kier molecular flexibility index (Phi) is 6.83. The van der Waals surface area contributed by atoms with Gasteiger partial charge in [0, 0.05) is 32.2 Å². The number of carbonyl (C=O) groups is 1. The molecule has 32 heavy (non-hydrogen) atoms. The highest BCUT2D eigenvalue weighted by Gasteiger charge is 2.36. The monoisotopic (exact) mass is 457 g/mol. The molecule has 7 nitrogen and oxygen atoms in total. The molecule has 172 valence electrons. The van der Waals surface area contributed by atoms with E-state index in [0.29, 0.717) is 30.9 Å². The summed E-state index contributed by atoms with van der Waals surface area (Å²) in [6.07, 6.45) is 0.706. The van der Waals surface area contributed by atoms with Crippen LogP contribution in [0.25, 0.3) is 0 Å². The fraction of sp³-hybridized carbons (Fsp3) is 0.458. The van der Waals surface area contributed by atoms with Crippen LogP contribution < -0.4 is 10.1 Å². The molecule has 0 aromatic heterocycles. The first-order valence-electron chi connectivity index (χ1n) is 11.1. The topological polar surface area (TPSA) is 79.0 Å². The number of anilines is 1. The van der Waals surface area contributed by atoms with Crippen LogP contribution in [0.3, 0.4) is 0 Å². The van der Waals surface area contributed by atoms with E-state index >= 15 is 0 Å². The second-order valence-electron chi connectivity index (χ2n) is 8.64. The molecular formula is C24H31N3O4S. The smallest absolute Gasteiger partial charge is 0.246 e. The van der Waals surface area contributed by atoms with Crippen LogP contribution in [-0.2, 0) is 14.6 Å². The van der Waals surface area contributed by atoms with E-state index in [1.165, 1.54) is 0 Å². The molecule has 0 unspecified atom stereocenters. The van der Waals surface area contributed by atoms with Gasteiger partial charge in [0.15, 0.2) is 9.84 Å². The molecule has 8 heteroatoms. The van der Waals surface area contributed by atoms with Crippen LogP contribution in [0, 0.1) is 6.92 Å². The summed E-state index contributed by atoms with van der Waals surface area (Å²) in [5.74, 6) is 1.06. The third kappa shape index (κ3) is 5.14. The van der Waals surface area contributed by atoms with Crippen molar-refractivity contribution in [3.63, 3.8) is 0 Å². The Morgan fingerprint density at radius 1 is 1.09 bits per heavy atom. The average molecular weight is 458 g/mol. The van der Waals surface area contributed by atoms with Crippen LogP contribution in [0.1, 0.15) is 23.6 Å². The van der Waals surface area contributed by atoms with Crippen molar-refractivity contribution in [2.45, 2.75) is 25.4 Å². The first-order chi connectivity index (χ1) is 15.4. The molecule has 2 aliphatic heterocycles. The summed E-state index contributed by atoms with van der Waals surface area (Å²) in [5.41, 5.74) is 2.64. The zero-order valence-electron chi connectivity index (χ0n) is 18.7. The Bertz CT molecular complexity index is 1050. The number of rotatable bonds is 6. The van der Waals surface area contributed by atoms with Gasteiger partial charge in [-0.25, -0.2) is 8.42 Å². The number of amides is 1. The van der Waals surface area contributed by atoms with Crippen LogP contribution in [0.2, 0.25) is 0 Å². The summed E-state index contributed by atoms with van der Waals surface area (Å²) >= 11 is 0. The van der Waals surface area contributed by atoms with Crippen molar-refractivity contribution in [2.24, 2.45) is 0 Å².